The Hall–Kier alpha value is -7.52. The molecule has 7 aromatic rings. The molecule has 1 spiro atoms. The first-order valence-electron chi connectivity index (χ1n) is 30.8. The monoisotopic (exact) mass is 1170 g/mol. The minimum Gasteiger partial charge on any atom is -0.508 e. The van der Waals surface area contributed by atoms with Crippen molar-refractivity contribution in [3.05, 3.63) is 131 Å². The molecule has 452 valence electrons. The molecule has 4 aliphatic carbocycles. The number of aliphatic hydroxyl groups excluding tert-OH is 4. The SMILES string of the molecule is COc1cc2c(cc1O)C1=C[C@H]3C[C@@]4(C[C@@H](CCCO)[C@](Cn5c(-c6cccc(O)c6)cc6[nH]ccc65)(NC[C@H](C)O)C4)[C@@H]4C[C@H](O)CC[C@H]4[C@H]3[C@@H]2CC(=O)C[C@@H](CCc2ccc(O)c(OCCO)c2)OC(=O)CC#CCc2c1[nH]c1ccccc21. The van der Waals surface area contributed by atoms with Gasteiger partial charge in [0.05, 0.1) is 48.3 Å². The number of aliphatic hydroxyl groups is 4. The zero-order chi connectivity index (χ0) is 59.9. The van der Waals surface area contributed by atoms with Crippen molar-refractivity contribution in [2.24, 2.45) is 35.0 Å². The van der Waals surface area contributed by atoms with Gasteiger partial charge in [-0.15, -0.1) is 0 Å². The highest BCUT2D eigenvalue weighted by Crippen LogP contribution is 2.69. The van der Waals surface area contributed by atoms with Crippen molar-refractivity contribution in [2.75, 3.05) is 33.5 Å². The summed E-state index contributed by atoms with van der Waals surface area (Å²) in [6, 6.07) is 28.3. The van der Waals surface area contributed by atoms with Crippen molar-refractivity contribution in [1.29, 1.82) is 0 Å². The van der Waals surface area contributed by atoms with Crippen molar-refractivity contribution in [1.82, 2.24) is 19.9 Å². The molecule has 3 aromatic heterocycles. The molecule has 2 bridgehead atoms. The van der Waals surface area contributed by atoms with Crippen LogP contribution in [-0.2, 0) is 33.7 Å². The molecule has 1 aliphatic heterocycles. The molecule has 5 aliphatic rings. The lowest BCUT2D eigenvalue weighted by Gasteiger charge is -2.57. The van der Waals surface area contributed by atoms with E-state index >= 15 is 4.79 Å². The number of rotatable bonds is 16. The Morgan fingerprint density at radius 3 is 2.55 bits per heavy atom. The van der Waals surface area contributed by atoms with Crippen molar-refractivity contribution in [2.45, 2.75) is 133 Å². The molecule has 86 heavy (non-hydrogen) atoms. The standard InChI is InChI=1S/C70H80N4O12/c1-41(77)38-72-70(40-74-60-22-23-71-59(60)35-61(74)43-9-7-11-46(78)28-43)39-69(37-45(70)10-8-24-75)36-44-29-56-53-33-63(82)64(84-2)34-54(53)55(67(44)52-20-18-47(79)32-57(52)69)31-48(80)30-49(19-16-42-17-21-62(81)65(27-42)85-26-25-76)86-66(83)15-6-4-13-51-50-12-3-5-14-58(50)73-68(51)56/h3,5,7,9,11-12,14,17,21-23,27-29,33-35,41,44-45,47,49,52,55,57,67,71-73,75-79,81-82H,8,10,13,15-16,18-20,24-26,30-32,36-40H2,1-2H3/t41-,44-,45+,47+,49+,52+,55+,57+,67-,69-,70-/m0/s1. The van der Waals surface area contributed by atoms with E-state index in [4.69, 9.17) is 14.2 Å². The summed E-state index contributed by atoms with van der Waals surface area (Å²) in [5, 5.41) is 81.9. The lowest BCUT2D eigenvalue weighted by atomic mass is 9.47. The van der Waals surface area contributed by atoms with Crippen molar-refractivity contribution in [3.63, 3.8) is 0 Å². The number of carbonyl (C=O) groups excluding carboxylic acids is 2. The molecule has 3 fully saturated rings. The summed E-state index contributed by atoms with van der Waals surface area (Å²) in [5.74, 6) is 5.58. The highest BCUT2D eigenvalue weighted by Gasteiger charge is 2.64. The van der Waals surface area contributed by atoms with E-state index in [0.29, 0.717) is 64.5 Å². The van der Waals surface area contributed by atoms with E-state index in [2.05, 4.69) is 56.0 Å². The number of β-amino-alcohol motifs (C(OH)–C–C–N with tert-alkyl or cyclic N) is 1. The van der Waals surface area contributed by atoms with Crippen molar-refractivity contribution in [3.8, 4) is 51.8 Å². The van der Waals surface area contributed by atoms with Gasteiger partial charge in [0.1, 0.15) is 30.7 Å². The Morgan fingerprint density at radius 1 is 0.884 bits per heavy atom. The van der Waals surface area contributed by atoms with Crippen LogP contribution in [0.2, 0.25) is 0 Å². The summed E-state index contributed by atoms with van der Waals surface area (Å²) in [6.07, 6.45) is 8.37. The normalized spacial score (nSPS) is 26.9. The van der Waals surface area contributed by atoms with E-state index in [-0.39, 0.29) is 116 Å². The highest BCUT2D eigenvalue weighted by atomic mass is 16.5. The van der Waals surface area contributed by atoms with Gasteiger partial charge in [-0.3, -0.25) is 9.59 Å². The maximum atomic E-state index is 15.5. The molecule has 0 amide bonds. The van der Waals surface area contributed by atoms with Crippen LogP contribution in [0.3, 0.4) is 0 Å². The summed E-state index contributed by atoms with van der Waals surface area (Å²) >= 11 is 0. The number of carbonyl (C=O) groups is 2. The Labute approximate surface area is 501 Å². The van der Waals surface area contributed by atoms with Crippen LogP contribution in [0.1, 0.15) is 118 Å². The van der Waals surface area contributed by atoms with Crippen molar-refractivity contribution >= 4 is 39.3 Å². The first kappa shape index (κ1) is 58.8. The predicted octanol–water partition coefficient (Wildman–Crippen LogP) is 9.98. The summed E-state index contributed by atoms with van der Waals surface area (Å²) < 4.78 is 20.2. The number of cyclic esters (lactones) is 1. The highest BCUT2D eigenvalue weighted by molar-refractivity contribution is 5.94. The fourth-order valence-electron chi connectivity index (χ4n) is 16.6. The summed E-state index contributed by atoms with van der Waals surface area (Å²) in [7, 11) is 1.54. The van der Waals surface area contributed by atoms with Gasteiger partial charge >= 0.3 is 5.97 Å². The molecule has 11 atom stereocenters. The molecule has 4 aromatic carbocycles. The molecule has 0 unspecified atom stereocenters. The molecule has 12 rings (SSSR count). The number of phenolic OH excluding ortho intramolecular Hbond substituents is 3. The number of nitrogens with zero attached hydrogens (tertiary/aromatic N) is 1. The average molecular weight is 1170 g/mol. The van der Waals surface area contributed by atoms with Crippen LogP contribution in [0.5, 0.6) is 28.7 Å². The van der Waals surface area contributed by atoms with E-state index in [9.17, 15) is 40.5 Å². The Bertz CT molecular complexity index is 3730. The fraction of sp³-hybridized carbons (Fsp3) is 0.457. The zero-order valence-electron chi connectivity index (χ0n) is 49.1. The minimum atomic E-state index is -0.825. The number of ether oxygens (including phenoxy) is 3. The lowest BCUT2D eigenvalue weighted by Crippen LogP contribution is -2.56. The van der Waals surface area contributed by atoms with Gasteiger partial charge < -0.3 is 69.8 Å². The number of Topliss-reactive ketones (excluding diaryl/α,β-unsaturated/α-hetero) is 1. The Kier molecular flexibility index (Phi) is 16.9. The number of nitrogens with one attached hydrogen (secondary N) is 3. The number of aromatic hydroxyl groups is 3. The van der Waals surface area contributed by atoms with Gasteiger partial charge in [0.15, 0.2) is 23.0 Å². The second-order valence-electron chi connectivity index (χ2n) is 25.3. The fourth-order valence-corrected chi connectivity index (χ4v) is 16.6. The van der Waals surface area contributed by atoms with Gasteiger partial charge in [0.2, 0.25) is 0 Å². The second kappa shape index (κ2) is 24.7. The van der Waals surface area contributed by atoms with Gasteiger partial charge in [-0.1, -0.05) is 54.3 Å². The molecule has 16 nitrogen and oxygen atoms in total. The van der Waals surface area contributed by atoms with Gasteiger partial charge in [-0.25, -0.2) is 0 Å². The van der Waals surface area contributed by atoms with Crippen molar-refractivity contribution < 1.29 is 59.5 Å². The van der Waals surface area contributed by atoms with E-state index in [1.165, 1.54) is 13.2 Å². The average Bonchev–Trinajstić information content (AvgIpc) is 1.53. The van der Waals surface area contributed by atoms with E-state index in [1.807, 2.05) is 42.6 Å². The Morgan fingerprint density at radius 2 is 1.73 bits per heavy atom. The number of allylic oxidation sites excluding steroid dienone is 1. The van der Waals surface area contributed by atoms with E-state index in [0.717, 1.165) is 73.1 Å². The maximum Gasteiger partial charge on any atom is 0.318 e. The third kappa shape index (κ3) is 11.5. The number of methoxy groups -OCH3 is 1. The van der Waals surface area contributed by atoms with Gasteiger partial charge in [0, 0.05) is 72.7 Å². The quantitative estimate of drug-likeness (QED) is 0.0320. The zero-order valence-corrected chi connectivity index (χ0v) is 49.1. The first-order chi connectivity index (χ1) is 41.7. The molecular formula is C70H80N4O12. The number of para-hydroxylation sites is 1. The largest absolute Gasteiger partial charge is 0.508 e. The molecule has 0 saturated heterocycles. The number of hydrogen-bond acceptors (Lipinski definition) is 13. The Balaban J connectivity index is 1.02. The summed E-state index contributed by atoms with van der Waals surface area (Å²) in [4.78, 5) is 36.7. The number of aromatic nitrogens is 3. The molecular weight excluding hydrogens is 1090 g/mol. The topological polar surface area (TPSA) is 252 Å². The van der Waals surface area contributed by atoms with Crippen LogP contribution in [0.25, 0.3) is 38.8 Å². The van der Waals surface area contributed by atoms with Gasteiger partial charge in [-0.05, 0) is 189 Å². The summed E-state index contributed by atoms with van der Waals surface area (Å²) in [5.41, 5.74) is 8.67. The van der Waals surface area contributed by atoms with Crippen LogP contribution in [0.4, 0.5) is 0 Å². The number of ketones is 1. The predicted molar refractivity (Wildman–Crippen MR) is 328 cm³/mol. The number of aryl methyl sites for hydroxylation is 1. The third-order valence-electron chi connectivity index (χ3n) is 20.0. The molecule has 3 saturated carbocycles. The molecule has 4 heterocycles. The van der Waals surface area contributed by atoms with E-state index in [1.54, 1.807) is 37.3 Å². The number of aromatic amines is 2. The van der Waals surface area contributed by atoms with Crippen LogP contribution < -0.4 is 14.8 Å². The molecule has 0 radical (unpaired) electrons. The minimum absolute atomic E-state index is 0.00247. The second-order valence-corrected chi connectivity index (χ2v) is 25.3. The smallest absolute Gasteiger partial charge is 0.318 e. The van der Waals surface area contributed by atoms with Crippen LogP contribution >= 0.6 is 0 Å². The number of esters is 1. The first-order valence-corrected chi connectivity index (χ1v) is 30.8. The van der Waals surface area contributed by atoms with Crippen LogP contribution in [-0.4, -0.2) is 119 Å². The maximum absolute atomic E-state index is 15.5. The number of benzene rings is 4. The molecule has 16 heteroatoms. The number of H-pyrrole nitrogens is 2. The molecule has 10 N–H and O–H groups in total. The van der Waals surface area contributed by atoms with Gasteiger partial charge in [-0.2, -0.15) is 0 Å². The van der Waals surface area contributed by atoms with Gasteiger partial charge in [0.25, 0.3) is 0 Å². The third-order valence-corrected chi connectivity index (χ3v) is 20.0. The summed E-state index contributed by atoms with van der Waals surface area (Å²) in [6.45, 7) is 2.41. The number of fused-ring (bicyclic) bond motifs is 10. The van der Waals surface area contributed by atoms with Crippen LogP contribution in [0.15, 0.2) is 103 Å². The lowest BCUT2D eigenvalue weighted by molar-refractivity contribution is -0.149. The van der Waals surface area contributed by atoms with E-state index < -0.39 is 41.2 Å². The number of phenols is 3. The number of hydrogen-bond donors (Lipinski definition) is 10. The van der Waals surface area contributed by atoms with Crippen LogP contribution in [0, 0.1) is 46.8 Å².